The number of amides is 1. The molecule has 2 aromatic carbocycles. The molecule has 0 bridgehead atoms. The fourth-order valence-electron chi connectivity index (χ4n) is 3.54. The van der Waals surface area contributed by atoms with Gasteiger partial charge >= 0.3 is 11.7 Å². The number of nitrogens with one attached hydrogen (secondary N) is 2. The molecule has 11 heteroatoms. The number of thiazole rings is 1. The molecule has 2 heterocycles. The summed E-state index contributed by atoms with van der Waals surface area (Å²) in [6.45, 7) is 0. The number of anilines is 1. The van der Waals surface area contributed by atoms with Crippen molar-refractivity contribution in [3.05, 3.63) is 81.7 Å². The van der Waals surface area contributed by atoms with Crippen molar-refractivity contribution in [3.8, 4) is 22.9 Å². The number of rotatable bonds is 8. The lowest BCUT2D eigenvalue weighted by molar-refractivity contribution is -0.119. The van der Waals surface area contributed by atoms with E-state index in [0.717, 1.165) is 21.5 Å². The Hall–Kier alpha value is -4.38. The topological polar surface area (TPSA) is 136 Å². The summed E-state index contributed by atoms with van der Waals surface area (Å²) in [4.78, 5) is 44.7. The molecular weight excluding hydrogens is 472 g/mol. The summed E-state index contributed by atoms with van der Waals surface area (Å²) in [6, 6.07) is 14.8. The van der Waals surface area contributed by atoms with Crippen molar-refractivity contribution in [3.63, 3.8) is 0 Å². The van der Waals surface area contributed by atoms with Gasteiger partial charge in [-0.15, -0.1) is 11.3 Å². The maximum absolute atomic E-state index is 13.3. The van der Waals surface area contributed by atoms with Gasteiger partial charge in [-0.3, -0.25) is 4.79 Å². The summed E-state index contributed by atoms with van der Waals surface area (Å²) in [6.07, 6.45) is 0.120. The zero-order valence-electron chi connectivity index (χ0n) is 18.8. The van der Waals surface area contributed by atoms with Gasteiger partial charge in [0.2, 0.25) is 11.8 Å². The number of carbonyl (C=O) groups excluding carboxylic acids is 2. The second kappa shape index (κ2) is 10.3. The van der Waals surface area contributed by atoms with Gasteiger partial charge in [0.25, 0.3) is 0 Å². The van der Waals surface area contributed by atoms with Crippen molar-refractivity contribution in [2.45, 2.75) is 12.5 Å². The number of ether oxygens (including phenoxy) is 2. The van der Waals surface area contributed by atoms with Crippen molar-refractivity contribution < 1.29 is 24.2 Å². The van der Waals surface area contributed by atoms with Crippen LogP contribution in [-0.2, 0) is 16.0 Å². The molecule has 1 atom stereocenters. The van der Waals surface area contributed by atoms with Crippen LogP contribution in [0.5, 0.6) is 11.6 Å². The normalized spacial score (nSPS) is 11.6. The molecule has 3 N–H and O–H groups in total. The third kappa shape index (κ3) is 5.09. The lowest BCUT2D eigenvalue weighted by Crippen LogP contribution is -2.33. The highest BCUT2D eigenvalue weighted by atomic mass is 32.1. The summed E-state index contributed by atoms with van der Waals surface area (Å²) in [5.41, 5.74) is 0.890. The number of aromatic nitrogens is 3. The van der Waals surface area contributed by atoms with E-state index in [-0.39, 0.29) is 28.8 Å². The Morgan fingerprint density at radius 1 is 1.14 bits per heavy atom. The first kappa shape index (κ1) is 23.8. The maximum atomic E-state index is 13.3. The molecule has 0 radical (unpaired) electrons. The molecule has 0 saturated carbocycles. The van der Waals surface area contributed by atoms with Crippen LogP contribution in [0.2, 0.25) is 0 Å². The van der Waals surface area contributed by atoms with Crippen LogP contribution in [0.4, 0.5) is 5.13 Å². The molecule has 4 aromatic rings. The molecule has 0 fully saturated rings. The van der Waals surface area contributed by atoms with Crippen LogP contribution in [0.25, 0.3) is 11.3 Å². The minimum absolute atomic E-state index is 0.0517. The third-order valence-electron chi connectivity index (χ3n) is 5.30. The van der Waals surface area contributed by atoms with Crippen LogP contribution < -0.4 is 15.7 Å². The number of aromatic amines is 1. The summed E-state index contributed by atoms with van der Waals surface area (Å²) >= 11 is 1.04. The Labute approximate surface area is 203 Å². The Bertz CT molecular complexity index is 1390. The van der Waals surface area contributed by atoms with E-state index in [1.54, 1.807) is 24.3 Å². The van der Waals surface area contributed by atoms with Crippen molar-refractivity contribution in [1.29, 1.82) is 0 Å². The highest BCUT2D eigenvalue weighted by molar-refractivity contribution is 7.14. The molecule has 35 heavy (non-hydrogen) atoms. The van der Waals surface area contributed by atoms with Crippen molar-refractivity contribution >= 4 is 28.3 Å². The molecule has 0 spiro atoms. The summed E-state index contributed by atoms with van der Waals surface area (Å²) in [5.74, 6) is -0.986. The number of aromatic hydroxyl groups is 1. The zero-order valence-corrected chi connectivity index (χ0v) is 19.7. The molecule has 0 unspecified atom stereocenters. The molecule has 1 amide bonds. The Balaban J connectivity index is 1.70. The number of esters is 1. The molecule has 10 nitrogen and oxygen atoms in total. The predicted octanol–water partition coefficient (Wildman–Crippen LogP) is 3.22. The number of carbonyl (C=O) groups is 2. The largest absolute Gasteiger partial charge is 0.497 e. The van der Waals surface area contributed by atoms with Crippen LogP contribution in [0.15, 0.2) is 64.8 Å². The van der Waals surface area contributed by atoms with Crippen LogP contribution in [0, 0.1) is 0 Å². The lowest BCUT2D eigenvalue weighted by atomic mass is 10.0. The number of benzene rings is 2. The number of methoxy groups -OCH3 is 2. The number of hydrogen-bond donors (Lipinski definition) is 3. The molecule has 0 aliphatic rings. The van der Waals surface area contributed by atoms with Gasteiger partial charge in [0, 0.05) is 17.4 Å². The van der Waals surface area contributed by atoms with E-state index in [1.165, 1.54) is 19.6 Å². The van der Waals surface area contributed by atoms with E-state index in [1.807, 2.05) is 30.3 Å². The van der Waals surface area contributed by atoms with Crippen LogP contribution in [0.1, 0.15) is 22.1 Å². The summed E-state index contributed by atoms with van der Waals surface area (Å²) in [7, 11) is 2.77. The SMILES string of the molecule is COC(=O)c1csc(NC(=O)[C@@H](Cc2ccccc2)n2c(O)c(-c3ccc(OC)cc3)[nH]c2=O)n1. The zero-order chi connectivity index (χ0) is 24.9. The van der Waals surface area contributed by atoms with Gasteiger partial charge in [0.15, 0.2) is 10.8 Å². The highest BCUT2D eigenvalue weighted by Gasteiger charge is 2.29. The monoisotopic (exact) mass is 494 g/mol. The fourth-order valence-corrected chi connectivity index (χ4v) is 4.23. The van der Waals surface area contributed by atoms with Gasteiger partial charge in [-0.2, -0.15) is 0 Å². The first-order valence-corrected chi connectivity index (χ1v) is 11.4. The van der Waals surface area contributed by atoms with E-state index in [0.29, 0.717) is 11.3 Å². The summed E-state index contributed by atoms with van der Waals surface area (Å²) in [5, 5.41) is 15.3. The van der Waals surface area contributed by atoms with Crippen molar-refractivity contribution in [2.75, 3.05) is 19.5 Å². The molecule has 0 saturated heterocycles. The number of nitrogens with zero attached hydrogens (tertiary/aromatic N) is 2. The Morgan fingerprint density at radius 2 is 1.86 bits per heavy atom. The van der Waals surface area contributed by atoms with Gasteiger partial charge in [-0.1, -0.05) is 30.3 Å². The minimum atomic E-state index is -1.11. The fraction of sp³-hybridized carbons (Fsp3) is 0.167. The summed E-state index contributed by atoms with van der Waals surface area (Å²) < 4.78 is 10.8. The average molecular weight is 495 g/mol. The van der Waals surface area contributed by atoms with Gasteiger partial charge < -0.3 is 24.9 Å². The lowest BCUT2D eigenvalue weighted by Gasteiger charge is -2.18. The Kier molecular flexibility index (Phi) is 6.97. The Morgan fingerprint density at radius 3 is 2.51 bits per heavy atom. The average Bonchev–Trinajstić information content (AvgIpc) is 3.46. The van der Waals surface area contributed by atoms with E-state index in [2.05, 4.69) is 20.0 Å². The second-order valence-corrected chi connectivity index (χ2v) is 8.31. The standard InChI is InChI=1S/C24H22N4O6S/c1-33-16-10-8-15(9-11-16)19-21(30)28(24(32)26-19)18(12-14-6-4-3-5-7-14)20(29)27-23-25-17(13-35-23)22(31)34-2/h3-11,13,18,30H,12H2,1-2H3,(H,26,32)(H,25,27,29)/t18-/m1/s1. The van der Waals surface area contributed by atoms with Crippen LogP contribution in [0.3, 0.4) is 0 Å². The van der Waals surface area contributed by atoms with E-state index in [4.69, 9.17) is 4.74 Å². The van der Waals surface area contributed by atoms with Crippen LogP contribution >= 0.6 is 11.3 Å². The van der Waals surface area contributed by atoms with Gasteiger partial charge in [-0.25, -0.2) is 19.1 Å². The van der Waals surface area contributed by atoms with Gasteiger partial charge in [0.05, 0.1) is 14.2 Å². The van der Waals surface area contributed by atoms with Gasteiger partial charge in [0.1, 0.15) is 17.5 Å². The molecule has 0 aliphatic heterocycles. The van der Waals surface area contributed by atoms with Gasteiger partial charge in [-0.05, 0) is 29.8 Å². The molecule has 4 rings (SSSR count). The molecule has 0 aliphatic carbocycles. The van der Waals surface area contributed by atoms with Crippen molar-refractivity contribution in [1.82, 2.24) is 14.5 Å². The van der Waals surface area contributed by atoms with E-state index in [9.17, 15) is 19.5 Å². The third-order valence-corrected chi connectivity index (χ3v) is 6.05. The minimum Gasteiger partial charge on any atom is -0.497 e. The van der Waals surface area contributed by atoms with E-state index < -0.39 is 23.6 Å². The first-order chi connectivity index (χ1) is 16.9. The smallest absolute Gasteiger partial charge is 0.357 e. The number of imidazole rings is 1. The molecule has 180 valence electrons. The number of H-pyrrole nitrogens is 1. The van der Waals surface area contributed by atoms with E-state index >= 15 is 0 Å². The number of hydrogen-bond acceptors (Lipinski definition) is 8. The quantitative estimate of drug-likeness (QED) is 0.320. The predicted molar refractivity (Wildman–Crippen MR) is 130 cm³/mol. The van der Waals surface area contributed by atoms with Crippen molar-refractivity contribution in [2.24, 2.45) is 0 Å². The molecular formula is C24H22N4O6S. The molecule has 2 aromatic heterocycles. The maximum Gasteiger partial charge on any atom is 0.357 e. The first-order valence-electron chi connectivity index (χ1n) is 10.5. The highest BCUT2D eigenvalue weighted by Crippen LogP contribution is 2.31. The second-order valence-electron chi connectivity index (χ2n) is 7.45. The van der Waals surface area contributed by atoms with Crippen LogP contribution in [-0.4, -0.2) is 45.7 Å².